The van der Waals surface area contributed by atoms with Crippen molar-refractivity contribution in [2.45, 2.75) is 38.7 Å². The van der Waals surface area contributed by atoms with Gasteiger partial charge in [-0.15, -0.1) is 0 Å². The number of morpholine rings is 1. The molecule has 2 heterocycles. The second-order valence-corrected chi connectivity index (χ2v) is 4.68. The highest BCUT2D eigenvalue weighted by Crippen LogP contribution is 2.14. The van der Waals surface area contributed by atoms with E-state index in [1.165, 1.54) is 6.42 Å². The normalized spacial score (nSPS) is 26.9. The van der Waals surface area contributed by atoms with Gasteiger partial charge in [-0.05, 0) is 25.7 Å². The van der Waals surface area contributed by atoms with E-state index in [0.717, 1.165) is 45.4 Å². The fourth-order valence-electron chi connectivity index (χ4n) is 2.43. The minimum Gasteiger partial charge on any atom is -0.375 e. The number of nitrogens with zero attached hydrogens (tertiary/aromatic N) is 2. The van der Waals surface area contributed by atoms with E-state index in [2.05, 4.69) is 6.92 Å². The lowest BCUT2D eigenvalue weighted by atomic mass is 10.1. The highest BCUT2D eigenvalue weighted by Gasteiger charge is 2.27. The van der Waals surface area contributed by atoms with Gasteiger partial charge < -0.3 is 14.5 Å². The Morgan fingerprint density at radius 3 is 2.62 bits per heavy atom. The van der Waals surface area contributed by atoms with Crippen LogP contribution in [0.4, 0.5) is 4.79 Å². The molecule has 1 unspecified atom stereocenters. The van der Waals surface area contributed by atoms with E-state index in [0.29, 0.717) is 6.61 Å². The van der Waals surface area contributed by atoms with Gasteiger partial charge in [0.1, 0.15) is 0 Å². The maximum Gasteiger partial charge on any atom is 0.320 e. The van der Waals surface area contributed by atoms with Crippen LogP contribution < -0.4 is 0 Å². The molecule has 2 aliphatic rings. The molecule has 4 nitrogen and oxygen atoms in total. The molecule has 4 heteroatoms. The lowest BCUT2D eigenvalue weighted by molar-refractivity contribution is -0.0210. The molecular weight excluding hydrogens is 204 g/mol. The summed E-state index contributed by atoms with van der Waals surface area (Å²) in [7, 11) is 0. The molecule has 2 fully saturated rings. The van der Waals surface area contributed by atoms with Gasteiger partial charge in [0.25, 0.3) is 0 Å². The van der Waals surface area contributed by atoms with Gasteiger partial charge >= 0.3 is 6.03 Å². The largest absolute Gasteiger partial charge is 0.375 e. The fourth-order valence-corrected chi connectivity index (χ4v) is 2.43. The van der Waals surface area contributed by atoms with Gasteiger partial charge in [-0.25, -0.2) is 4.79 Å². The topological polar surface area (TPSA) is 32.8 Å². The first-order valence-corrected chi connectivity index (χ1v) is 6.46. The number of carbonyl (C=O) groups excluding carboxylic acids is 1. The summed E-state index contributed by atoms with van der Waals surface area (Å²) in [5.41, 5.74) is 0. The smallest absolute Gasteiger partial charge is 0.320 e. The van der Waals surface area contributed by atoms with E-state index >= 15 is 0 Å². The van der Waals surface area contributed by atoms with Crippen molar-refractivity contribution in [1.29, 1.82) is 0 Å². The van der Waals surface area contributed by atoms with Crippen LogP contribution in [0.15, 0.2) is 0 Å². The van der Waals surface area contributed by atoms with Crippen LogP contribution in [0, 0.1) is 0 Å². The zero-order chi connectivity index (χ0) is 11.4. The van der Waals surface area contributed by atoms with Gasteiger partial charge in [-0.3, -0.25) is 0 Å². The number of hydrogen-bond donors (Lipinski definition) is 0. The Kier molecular flexibility index (Phi) is 4.04. The van der Waals surface area contributed by atoms with Crippen molar-refractivity contribution < 1.29 is 9.53 Å². The average Bonchev–Trinajstić information content (AvgIpc) is 2.39. The molecule has 0 radical (unpaired) electrons. The number of hydrogen-bond acceptors (Lipinski definition) is 2. The highest BCUT2D eigenvalue weighted by atomic mass is 16.5. The van der Waals surface area contributed by atoms with Crippen LogP contribution >= 0.6 is 0 Å². The van der Waals surface area contributed by atoms with E-state index in [9.17, 15) is 4.79 Å². The molecule has 2 saturated heterocycles. The Morgan fingerprint density at radius 2 is 1.94 bits per heavy atom. The third kappa shape index (κ3) is 2.67. The molecule has 0 saturated carbocycles. The third-order valence-corrected chi connectivity index (χ3v) is 3.49. The predicted octanol–water partition coefficient (Wildman–Crippen LogP) is 1.70. The molecule has 0 aliphatic carbocycles. The van der Waals surface area contributed by atoms with Crippen LogP contribution in [0.1, 0.15) is 32.6 Å². The average molecular weight is 226 g/mol. The minimum absolute atomic E-state index is 0.224. The first-order valence-electron chi connectivity index (χ1n) is 6.46. The number of carbonyl (C=O) groups is 1. The second-order valence-electron chi connectivity index (χ2n) is 4.68. The Bertz CT molecular complexity index is 239. The van der Waals surface area contributed by atoms with E-state index in [-0.39, 0.29) is 12.1 Å². The number of rotatable bonds is 1. The highest BCUT2D eigenvalue weighted by molar-refractivity contribution is 5.74. The molecule has 1 atom stereocenters. The Labute approximate surface area is 97.5 Å². The second kappa shape index (κ2) is 5.53. The van der Waals surface area contributed by atoms with Crippen LogP contribution in [0.25, 0.3) is 0 Å². The lowest BCUT2D eigenvalue weighted by Gasteiger charge is -2.37. The van der Waals surface area contributed by atoms with Crippen molar-refractivity contribution in [3.8, 4) is 0 Å². The van der Waals surface area contributed by atoms with Gasteiger partial charge in [0, 0.05) is 26.2 Å². The van der Waals surface area contributed by atoms with Gasteiger partial charge in [0.15, 0.2) is 0 Å². The molecule has 0 N–H and O–H groups in total. The summed E-state index contributed by atoms with van der Waals surface area (Å²) in [5.74, 6) is 0. The monoisotopic (exact) mass is 226 g/mol. The maximum atomic E-state index is 12.2. The number of amides is 2. The lowest BCUT2D eigenvalue weighted by Crippen LogP contribution is -2.51. The van der Waals surface area contributed by atoms with E-state index in [4.69, 9.17) is 4.74 Å². The maximum absolute atomic E-state index is 12.2. The summed E-state index contributed by atoms with van der Waals surface area (Å²) < 4.78 is 5.58. The zero-order valence-electron chi connectivity index (χ0n) is 10.2. The molecule has 0 aromatic carbocycles. The van der Waals surface area contributed by atoms with Crippen molar-refractivity contribution >= 4 is 6.03 Å². The molecule has 2 aliphatic heterocycles. The number of piperidine rings is 1. The first kappa shape index (κ1) is 11.7. The Hall–Kier alpha value is -0.770. The number of urea groups is 1. The first-order chi connectivity index (χ1) is 7.81. The van der Waals surface area contributed by atoms with Gasteiger partial charge in [0.2, 0.25) is 0 Å². The van der Waals surface area contributed by atoms with Gasteiger partial charge in [-0.1, -0.05) is 6.92 Å². The summed E-state index contributed by atoms with van der Waals surface area (Å²) in [6, 6.07) is 0.224. The van der Waals surface area contributed by atoms with Crippen LogP contribution in [0.5, 0.6) is 0 Å². The van der Waals surface area contributed by atoms with Crippen molar-refractivity contribution in [2.24, 2.45) is 0 Å². The van der Waals surface area contributed by atoms with Gasteiger partial charge in [0.05, 0.1) is 12.7 Å². The van der Waals surface area contributed by atoms with Crippen LogP contribution in [-0.4, -0.2) is 54.7 Å². The molecule has 0 spiro atoms. The van der Waals surface area contributed by atoms with E-state index < -0.39 is 0 Å². The van der Waals surface area contributed by atoms with Crippen LogP contribution in [-0.2, 0) is 4.74 Å². The Morgan fingerprint density at radius 1 is 1.19 bits per heavy atom. The molecule has 0 aromatic rings. The summed E-state index contributed by atoms with van der Waals surface area (Å²) in [6.45, 7) is 6.20. The van der Waals surface area contributed by atoms with Gasteiger partial charge in [-0.2, -0.15) is 0 Å². The SMILES string of the molecule is CCC1CN(C(=O)N2CCCCC2)CCO1. The van der Waals surface area contributed by atoms with Crippen LogP contribution in [0.2, 0.25) is 0 Å². The van der Waals surface area contributed by atoms with Crippen molar-refractivity contribution in [1.82, 2.24) is 9.80 Å². The van der Waals surface area contributed by atoms with Crippen molar-refractivity contribution in [3.63, 3.8) is 0 Å². The number of ether oxygens (including phenoxy) is 1. The molecule has 16 heavy (non-hydrogen) atoms. The van der Waals surface area contributed by atoms with Crippen molar-refractivity contribution in [3.05, 3.63) is 0 Å². The molecular formula is C12H22N2O2. The quantitative estimate of drug-likeness (QED) is 0.682. The predicted molar refractivity (Wildman–Crippen MR) is 62.4 cm³/mol. The van der Waals surface area contributed by atoms with Crippen LogP contribution in [0.3, 0.4) is 0 Å². The molecule has 0 bridgehead atoms. The fraction of sp³-hybridized carbons (Fsp3) is 0.917. The number of likely N-dealkylation sites (tertiary alicyclic amines) is 1. The van der Waals surface area contributed by atoms with Crippen molar-refractivity contribution in [2.75, 3.05) is 32.8 Å². The molecule has 2 amide bonds. The third-order valence-electron chi connectivity index (χ3n) is 3.49. The Balaban J connectivity index is 1.87. The molecule has 2 rings (SSSR count). The summed E-state index contributed by atoms with van der Waals surface area (Å²) in [6.07, 6.45) is 4.82. The molecule has 92 valence electrons. The molecule has 0 aromatic heterocycles. The summed E-state index contributed by atoms with van der Waals surface area (Å²) >= 11 is 0. The standard InChI is InChI=1S/C12H22N2O2/c1-2-11-10-14(8-9-16-11)12(15)13-6-4-3-5-7-13/h11H,2-10H2,1H3. The summed E-state index contributed by atoms with van der Waals surface area (Å²) in [4.78, 5) is 16.2. The van der Waals surface area contributed by atoms with E-state index in [1.807, 2.05) is 9.80 Å². The summed E-state index contributed by atoms with van der Waals surface area (Å²) in [5, 5.41) is 0. The minimum atomic E-state index is 0.224. The van der Waals surface area contributed by atoms with E-state index in [1.54, 1.807) is 0 Å². The zero-order valence-corrected chi connectivity index (χ0v) is 10.2.